The van der Waals surface area contributed by atoms with E-state index in [1.165, 1.54) is 17.3 Å². The Labute approximate surface area is 198 Å². The van der Waals surface area contributed by atoms with E-state index in [9.17, 15) is 4.79 Å². The largest absolute Gasteiger partial charge is 0.497 e. The summed E-state index contributed by atoms with van der Waals surface area (Å²) in [5.74, 6) is 1.41. The minimum Gasteiger partial charge on any atom is -0.497 e. The number of hydrogen-bond donors (Lipinski definition) is 3. The summed E-state index contributed by atoms with van der Waals surface area (Å²) in [7, 11) is 1.69. The summed E-state index contributed by atoms with van der Waals surface area (Å²) in [4.78, 5) is 15.2. The van der Waals surface area contributed by atoms with E-state index in [4.69, 9.17) is 4.74 Å². The number of carbonyl (C=O) groups is 1. The molecule has 1 atom stereocenters. The van der Waals surface area contributed by atoms with Gasteiger partial charge in [-0.25, -0.2) is 0 Å². The third kappa shape index (κ3) is 4.94. The fourth-order valence-corrected chi connectivity index (χ4v) is 5.90. The number of H-pyrrole nitrogens is 1. The quantitative estimate of drug-likeness (QED) is 0.459. The van der Waals surface area contributed by atoms with Crippen LogP contribution in [0, 0.1) is 5.92 Å². The minimum atomic E-state index is 0.0187. The molecule has 7 heteroatoms. The van der Waals surface area contributed by atoms with Gasteiger partial charge >= 0.3 is 0 Å². The van der Waals surface area contributed by atoms with Crippen molar-refractivity contribution >= 4 is 34.6 Å². The third-order valence-corrected chi connectivity index (χ3v) is 7.78. The van der Waals surface area contributed by atoms with Gasteiger partial charge in [-0.3, -0.25) is 9.89 Å². The summed E-state index contributed by atoms with van der Waals surface area (Å²) < 4.78 is 5.26. The lowest BCUT2D eigenvalue weighted by molar-refractivity contribution is -0.117. The Morgan fingerprint density at radius 2 is 2.03 bits per heavy atom. The molecule has 2 aromatic carbocycles. The first-order valence-corrected chi connectivity index (χ1v) is 12.5. The van der Waals surface area contributed by atoms with Crippen LogP contribution in [0.25, 0.3) is 17.0 Å². The fraction of sp³-hybridized carbons (Fsp3) is 0.385. The van der Waals surface area contributed by atoms with Gasteiger partial charge in [0.1, 0.15) is 5.75 Å². The summed E-state index contributed by atoms with van der Waals surface area (Å²) >= 11 is 1.54. The summed E-state index contributed by atoms with van der Waals surface area (Å²) in [5.41, 5.74) is 3.16. The van der Waals surface area contributed by atoms with Crippen LogP contribution < -0.4 is 15.4 Å². The Hall–Kier alpha value is -2.77. The maximum absolute atomic E-state index is 13.3. The number of aromatic nitrogens is 2. The Morgan fingerprint density at radius 1 is 1.21 bits per heavy atom. The van der Waals surface area contributed by atoms with Gasteiger partial charge < -0.3 is 15.4 Å². The van der Waals surface area contributed by atoms with E-state index in [0.29, 0.717) is 5.92 Å². The molecule has 33 heavy (non-hydrogen) atoms. The van der Waals surface area contributed by atoms with Crippen molar-refractivity contribution in [2.24, 2.45) is 5.92 Å². The lowest BCUT2D eigenvalue weighted by Crippen LogP contribution is -2.44. The van der Waals surface area contributed by atoms with Gasteiger partial charge in [0, 0.05) is 16.3 Å². The molecule has 2 aliphatic heterocycles. The summed E-state index contributed by atoms with van der Waals surface area (Å²) in [6.45, 7) is 2.04. The highest BCUT2D eigenvalue weighted by molar-refractivity contribution is 8.04. The Bertz CT molecular complexity index is 1150. The predicted octanol–water partition coefficient (Wildman–Crippen LogP) is 4.53. The highest BCUT2D eigenvalue weighted by Gasteiger charge is 2.27. The highest BCUT2D eigenvalue weighted by Crippen LogP contribution is 2.40. The van der Waals surface area contributed by atoms with Gasteiger partial charge in [0.25, 0.3) is 5.91 Å². The molecule has 0 radical (unpaired) electrons. The number of hydrogen-bond acceptors (Lipinski definition) is 5. The number of aromatic amines is 1. The number of amides is 1. The topological polar surface area (TPSA) is 79.0 Å². The van der Waals surface area contributed by atoms with Crippen LogP contribution >= 0.6 is 11.8 Å². The summed E-state index contributed by atoms with van der Waals surface area (Å²) in [6, 6.07) is 14.5. The van der Waals surface area contributed by atoms with Gasteiger partial charge in [-0.2, -0.15) is 5.10 Å². The smallest absolute Gasteiger partial charge is 0.258 e. The van der Waals surface area contributed by atoms with E-state index in [-0.39, 0.29) is 11.9 Å². The monoisotopic (exact) mass is 462 g/mol. The number of nitrogens with zero attached hydrogens (tertiary/aromatic N) is 1. The Morgan fingerprint density at radius 3 is 2.82 bits per heavy atom. The molecule has 2 aliphatic rings. The van der Waals surface area contributed by atoms with Crippen LogP contribution in [-0.4, -0.2) is 42.3 Å². The summed E-state index contributed by atoms with van der Waals surface area (Å²) in [6.07, 6.45) is 7.16. The van der Waals surface area contributed by atoms with Crippen LogP contribution in [-0.2, 0) is 11.2 Å². The number of benzene rings is 2. The second kappa shape index (κ2) is 10.0. The molecule has 3 heterocycles. The van der Waals surface area contributed by atoms with Crippen molar-refractivity contribution in [2.45, 2.75) is 43.0 Å². The Kier molecular flexibility index (Phi) is 6.69. The zero-order valence-electron chi connectivity index (χ0n) is 18.9. The number of methoxy groups -OCH3 is 1. The van der Waals surface area contributed by atoms with Gasteiger partial charge in [0.15, 0.2) is 0 Å². The normalized spacial score (nSPS) is 16.9. The first-order chi connectivity index (χ1) is 16.2. The molecule has 3 aromatic rings. The van der Waals surface area contributed by atoms with Crippen LogP contribution in [0.5, 0.6) is 5.75 Å². The minimum absolute atomic E-state index is 0.0187. The van der Waals surface area contributed by atoms with E-state index >= 15 is 0 Å². The van der Waals surface area contributed by atoms with Crippen LogP contribution in [0.15, 0.2) is 52.3 Å². The van der Waals surface area contributed by atoms with Crippen molar-refractivity contribution in [1.29, 1.82) is 0 Å². The maximum atomic E-state index is 13.3. The second-order valence-corrected chi connectivity index (χ2v) is 9.89. The lowest BCUT2D eigenvalue weighted by Gasteiger charge is -2.32. The summed E-state index contributed by atoms with van der Waals surface area (Å²) in [5, 5.41) is 15.4. The van der Waals surface area contributed by atoms with E-state index in [1.54, 1.807) is 7.11 Å². The van der Waals surface area contributed by atoms with Crippen LogP contribution in [0.4, 0.5) is 0 Å². The number of rotatable bonds is 8. The molecule has 0 spiro atoms. The molecule has 1 saturated heterocycles. The van der Waals surface area contributed by atoms with Crippen molar-refractivity contribution in [3.8, 4) is 5.75 Å². The van der Waals surface area contributed by atoms with Gasteiger partial charge in [0.05, 0.1) is 23.2 Å². The molecule has 1 unspecified atom stereocenters. The zero-order valence-corrected chi connectivity index (χ0v) is 19.7. The fourth-order valence-electron chi connectivity index (χ4n) is 4.87. The molecule has 1 aromatic heterocycles. The number of nitrogens with one attached hydrogen (secondary N) is 3. The van der Waals surface area contributed by atoms with E-state index < -0.39 is 0 Å². The van der Waals surface area contributed by atoms with Crippen molar-refractivity contribution in [3.63, 3.8) is 0 Å². The van der Waals surface area contributed by atoms with Gasteiger partial charge in [0.2, 0.25) is 0 Å². The molecule has 0 bridgehead atoms. The van der Waals surface area contributed by atoms with Crippen molar-refractivity contribution in [2.75, 3.05) is 20.2 Å². The third-order valence-electron chi connectivity index (χ3n) is 6.70. The van der Waals surface area contributed by atoms with Crippen LogP contribution in [0.2, 0.25) is 0 Å². The molecule has 1 amide bonds. The number of aryl methyl sites for hydroxylation is 1. The number of thioether (sulfide) groups is 1. The van der Waals surface area contributed by atoms with E-state index in [2.05, 4.69) is 39.0 Å². The molecule has 0 saturated carbocycles. The average molecular weight is 463 g/mol. The maximum Gasteiger partial charge on any atom is 0.258 e. The van der Waals surface area contributed by atoms with Crippen molar-refractivity contribution in [3.05, 3.63) is 58.6 Å². The molecule has 0 aliphatic carbocycles. The van der Waals surface area contributed by atoms with Gasteiger partial charge in [-0.1, -0.05) is 30.0 Å². The van der Waals surface area contributed by atoms with Crippen LogP contribution in [0.1, 0.15) is 36.9 Å². The number of carbonyl (C=O) groups excluding carboxylic acids is 1. The molecule has 5 rings (SSSR count). The van der Waals surface area contributed by atoms with Gasteiger partial charge in [-0.05, 0) is 87.0 Å². The first kappa shape index (κ1) is 22.0. The highest BCUT2D eigenvalue weighted by atomic mass is 32.2. The number of ether oxygens (including phenoxy) is 1. The molecule has 1 fully saturated rings. The molecular formula is C26H30N4O2S. The molecule has 6 nitrogen and oxygen atoms in total. The Balaban J connectivity index is 1.26. The lowest BCUT2D eigenvalue weighted by atomic mass is 9.86. The van der Waals surface area contributed by atoms with Crippen molar-refractivity contribution in [1.82, 2.24) is 20.8 Å². The van der Waals surface area contributed by atoms with E-state index in [0.717, 1.165) is 77.3 Å². The molecule has 3 N–H and O–H groups in total. The SMILES string of the molecule is COc1ccc(CCCC(NC(=O)C2=Cc3[nH]nc4cccc(c34)S2)C2CCNCC2)cc1. The van der Waals surface area contributed by atoms with Crippen LogP contribution in [0.3, 0.4) is 0 Å². The zero-order chi connectivity index (χ0) is 22.6. The van der Waals surface area contributed by atoms with Crippen molar-refractivity contribution < 1.29 is 9.53 Å². The molecule has 172 valence electrons. The predicted molar refractivity (Wildman–Crippen MR) is 133 cm³/mol. The molecular weight excluding hydrogens is 432 g/mol. The number of piperidine rings is 1. The average Bonchev–Trinajstić information content (AvgIpc) is 3.29. The second-order valence-electron chi connectivity index (χ2n) is 8.81. The van der Waals surface area contributed by atoms with E-state index in [1.807, 2.05) is 30.3 Å². The standard InChI is InChI=1S/C26H30N4O2S/c1-32-19-10-8-17(9-11-19)4-2-5-20(18-12-14-27-15-13-18)28-26(31)24-16-22-25-21(29-30-22)6-3-7-23(25)33-24/h3,6-11,16,18,20,27H,2,4-5,12-15H2,1H3,(H,28,31)(H,29,30). The van der Waals surface area contributed by atoms with Gasteiger partial charge in [-0.15, -0.1) is 0 Å². The first-order valence-electron chi connectivity index (χ1n) is 11.7.